The Bertz CT molecular complexity index is 380. The number of hydrogen-bond acceptors (Lipinski definition) is 3. The summed E-state index contributed by atoms with van der Waals surface area (Å²) in [5.41, 5.74) is 7.63. The van der Waals surface area contributed by atoms with Crippen molar-refractivity contribution in [1.82, 2.24) is 14.8 Å². The molecule has 0 aliphatic heterocycles. The van der Waals surface area contributed by atoms with Crippen LogP contribution in [0.25, 0.3) is 0 Å². The molecule has 13 heavy (non-hydrogen) atoms. The van der Waals surface area contributed by atoms with Gasteiger partial charge in [-0.05, 0) is 11.6 Å². The number of anilines is 1. The summed E-state index contributed by atoms with van der Waals surface area (Å²) in [6, 6.07) is 7.74. The first-order valence-corrected chi connectivity index (χ1v) is 4.02. The summed E-state index contributed by atoms with van der Waals surface area (Å²) in [6.45, 7) is 0.673. The van der Waals surface area contributed by atoms with Crippen molar-refractivity contribution in [2.45, 2.75) is 6.54 Å². The van der Waals surface area contributed by atoms with Crippen LogP contribution in [-0.2, 0) is 6.54 Å². The van der Waals surface area contributed by atoms with E-state index in [0.29, 0.717) is 6.54 Å². The molecule has 0 saturated heterocycles. The van der Waals surface area contributed by atoms with Gasteiger partial charge in [0.2, 0.25) is 0 Å². The zero-order valence-corrected chi connectivity index (χ0v) is 7.09. The molecule has 1 aromatic carbocycles. The predicted molar refractivity (Wildman–Crippen MR) is 50.0 cm³/mol. The molecule has 0 saturated carbocycles. The SMILES string of the molecule is Nc1ccccc1Cn1cncn1. The number of rotatable bonds is 2. The monoisotopic (exact) mass is 174 g/mol. The van der Waals surface area contributed by atoms with Crippen LogP contribution >= 0.6 is 0 Å². The van der Waals surface area contributed by atoms with Gasteiger partial charge in [-0.15, -0.1) is 0 Å². The van der Waals surface area contributed by atoms with Crippen LogP contribution in [0.15, 0.2) is 36.9 Å². The van der Waals surface area contributed by atoms with Gasteiger partial charge in [-0.25, -0.2) is 9.67 Å². The third-order valence-corrected chi connectivity index (χ3v) is 1.85. The Hall–Kier alpha value is -1.84. The molecule has 66 valence electrons. The molecule has 0 aliphatic carbocycles. The van der Waals surface area contributed by atoms with Crippen LogP contribution in [0.4, 0.5) is 5.69 Å². The van der Waals surface area contributed by atoms with Crippen molar-refractivity contribution in [2.75, 3.05) is 5.73 Å². The van der Waals surface area contributed by atoms with Crippen molar-refractivity contribution in [1.29, 1.82) is 0 Å². The van der Waals surface area contributed by atoms with Crippen molar-refractivity contribution in [3.63, 3.8) is 0 Å². The highest BCUT2D eigenvalue weighted by atomic mass is 15.3. The number of benzene rings is 1. The van der Waals surface area contributed by atoms with Gasteiger partial charge in [-0.2, -0.15) is 5.10 Å². The summed E-state index contributed by atoms with van der Waals surface area (Å²) in [4.78, 5) is 3.86. The number of hydrogen-bond donors (Lipinski definition) is 1. The van der Waals surface area contributed by atoms with E-state index in [0.717, 1.165) is 11.3 Å². The molecule has 1 aromatic heterocycles. The average Bonchev–Trinajstić information content (AvgIpc) is 2.61. The fraction of sp³-hybridized carbons (Fsp3) is 0.111. The van der Waals surface area contributed by atoms with Crippen molar-refractivity contribution < 1.29 is 0 Å². The second kappa shape index (κ2) is 3.26. The number of nitrogen functional groups attached to an aromatic ring is 1. The van der Waals surface area contributed by atoms with Crippen LogP contribution in [-0.4, -0.2) is 14.8 Å². The second-order valence-electron chi connectivity index (χ2n) is 2.79. The van der Waals surface area contributed by atoms with Gasteiger partial charge in [0.05, 0.1) is 6.54 Å². The zero-order valence-electron chi connectivity index (χ0n) is 7.09. The van der Waals surface area contributed by atoms with E-state index in [1.54, 1.807) is 11.0 Å². The quantitative estimate of drug-likeness (QED) is 0.688. The number of para-hydroxylation sites is 1. The van der Waals surface area contributed by atoms with E-state index in [1.807, 2.05) is 24.3 Å². The summed E-state index contributed by atoms with van der Waals surface area (Å²) in [6.07, 6.45) is 3.19. The topological polar surface area (TPSA) is 56.7 Å². The molecule has 0 fully saturated rings. The fourth-order valence-electron chi connectivity index (χ4n) is 1.17. The van der Waals surface area contributed by atoms with Crippen LogP contribution in [0.2, 0.25) is 0 Å². The maximum atomic E-state index is 5.78. The Kier molecular flexibility index (Phi) is 1.96. The van der Waals surface area contributed by atoms with Crippen LogP contribution in [0.5, 0.6) is 0 Å². The molecule has 0 bridgehead atoms. The van der Waals surface area contributed by atoms with Gasteiger partial charge >= 0.3 is 0 Å². The smallest absolute Gasteiger partial charge is 0.137 e. The van der Waals surface area contributed by atoms with Gasteiger partial charge in [-0.3, -0.25) is 0 Å². The van der Waals surface area contributed by atoms with Gasteiger partial charge < -0.3 is 5.73 Å². The Labute approximate surface area is 76.0 Å². The minimum atomic E-state index is 0.673. The van der Waals surface area contributed by atoms with Crippen LogP contribution < -0.4 is 5.73 Å². The van der Waals surface area contributed by atoms with Crippen molar-refractivity contribution in [2.24, 2.45) is 0 Å². The van der Waals surface area contributed by atoms with Crippen LogP contribution in [0.1, 0.15) is 5.56 Å². The molecule has 0 spiro atoms. The molecular weight excluding hydrogens is 164 g/mol. The van der Waals surface area contributed by atoms with E-state index in [4.69, 9.17) is 5.73 Å². The first-order valence-electron chi connectivity index (χ1n) is 4.02. The Balaban J connectivity index is 2.24. The van der Waals surface area contributed by atoms with E-state index >= 15 is 0 Å². The summed E-state index contributed by atoms with van der Waals surface area (Å²) < 4.78 is 1.74. The molecule has 0 aliphatic rings. The molecule has 2 N–H and O–H groups in total. The normalized spacial score (nSPS) is 10.2. The molecule has 0 atom stereocenters. The number of aromatic nitrogens is 3. The Morgan fingerprint density at radius 1 is 1.31 bits per heavy atom. The summed E-state index contributed by atoms with van der Waals surface area (Å²) in [5.74, 6) is 0. The molecule has 0 amide bonds. The maximum absolute atomic E-state index is 5.78. The number of nitrogens with zero attached hydrogens (tertiary/aromatic N) is 3. The number of nitrogens with two attached hydrogens (primary N) is 1. The standard InChI is InChI=1S/C9H10N4/c10-9-4-2-1-3-8(9)5-13-7-11-6-12-13/h1-4,6-7H,5,10H2. The molecule has 2 rings (SSSR count). The van der Waals surface area contributed by atoms with E-state index < -0.39 is 0 Å². The molecule has 0 radical (unpaired) electrons. The van der Waals surface area contributed by atoms with E-state index in [9.17, 15) is 0 Å². The first kappa shape index (κ1) is 7.79. The van der Waals surface area contributed by atoms with Gasteiger partial charge in [0.15, 0.2) is 0 Å². The fourth-order valence-corrected chi connectivity index (χ4v) is 1.17. The minimum Gasteiger partial charge on any atom is -0.398 e. The summed E-state index contributed by atoms with van der Waals surface area (Å²) in [5, 5.41) is 4.00. The van der Waals surface area contributed by atoms with Crippen LogP contribution in [0, 0.1) is 0 Å². The molecule has 4 heteroatoms. The highest BCUT2D eigenvalue weighted by Gasteiger charge is 1.98. The third-order valence-electron chi connectivity index (χ3n) is 1.85. The lowest BCUT2D eigenvalue weighted by atomic mass is 10.2. The van der Waals surface area contributed by atoms with Crippen LogP contribution in [0.3, 0.4) is 0 Å². The first-order chi connectivity index (χ1) is 6.36. The molecule has 0 unspecified atom stereocenters. The highest BCUT2D eigenvalue weighted by molar-refractivity contribution is 5.46. The maximum Gasteiger partial charge on any atom is 0.137 e. The molecule has 2 aromatic rings. The summed E-state index contributed by atoms with van der Waals surface area (Å²) >= 11 is 0. The van der Waals surface area contributed by atoms with Gasteiger partial charge in [0.1, 0.15) is 12.7 Å². The summed E-state index contributed by atoms with van der Waals surface area (Å²) in [7, 11) is 0. The van der Waals surface area contributed by atoms with Crippen molar-refractivity contribution in [3.05, 3.63) is 42.5 Å². The van der Waals surface area contributed by atoms with E-state index in [2.05, 4.69) is 10.1 Å². The van der Waals surface area contributed by atoms with Gasteiger partial charge in [-0.1, -0.05) is 18.2 Å². The second-order valence-corrected chi connectivity index (χ2v) is 2.79. The highest BCUT2D eigenvalue weighted by Crippen LogP contribution is 2.10. The van der Waals surface area contributed by atoms with Gasteiger partial charge in [0, 0.05) is 5.69 Å². The lowest BCUT2D eigenvalue weighted by Gasteiger charge is -2.03. The molecular formula is C9H10N4. The van der Waals surface area contributed by atoms with E-state index in [1.165, 1.54) is 6.33 Å². The minimum absolute atomic E-state index is 0.673. The Morgan fingerprint density at radius 3 is 2.85 bits per heavy atom. The van der Waals surface area contributed by atoms with Crippen molar-refractivity contribution in [3.8, 4) is 0 Å². The van der Waals surface area contributed by atoms with Gasteiger partial charge in [0.25, 0.3) is 0 Å². The van der Waals surface area contributed by atoms with Crippen molar-refractivity contribution >= 4 is 5.69 Å². The lowest BCUT2D eigenvalue weighted by Crippen LogP contribution is -2.02. The predicted octanol–water partition coefficient (Wildman–Crippen LogP) is 0.909. The molecule has 4 nitrogen and oxygen atoms in total. The zero-order chi connectivity index (χ0) is 9.10. The lowest BCUT2D eigenvalue weighted by molar-refractivity contribution is 0.686. The third kappa shape index (κ3) is 1.66. The van der Waals surface area contributed by atoms with E-state index in [-0.39, 0.29) is 0 Å². The molecule has 1 heterocycles. The largest absolute Gasteiger partial charge is 0.398 e. The Morgan fingerprint density at radius 2 is 2.15 bits per heavy atom. The average molecular weight is 174 g/mol.